The van der Waals surface area contributed by atoms with Gasteiger partial charge in [0.2, 0.25) is 5.91 Å². The molecule has 0 aliphatic carbocycles. The predicted molar refractivity (Wildman–Crippen MR) is 109 cm³/mol. The van der Waals surface area contributed by atoms with Crippen molar-refractivity contribution < 1.29 is 4.79 Å². The fourth-order valence-corrected chi connectivity index (χ4v) is 3.36. The van der Waals surface area contributed by atoms with Gasteiger partial charge < -0.3 is 10.3 Å². The summed E-state index contributed by atoms with van der Waals surface area (Å²) < 4.78 is 1.11. The van der Waals surface area contributed by atoms with E-state index in [0.29, 0.717) is 28.9 Å². The Kier molecular flexibility index (Phi) is 4.83. The van der Waals surface area contributed by atoms with Gasteiger partial charge in [-0.15, -0.1) is 5.10 Å². The number of hydrogen-bond donors (Lipinski definition) is 2. The van der Waals surface area contributed by atoms with Crippen LogP contribution in [0.2, 0.25) is 5.02 Å². The first-order valence-corrected chi connectivity index (χ1v) is 9.30. The second-order valence-electron chi connectivity index (χ2n) is 6.58. The number of halogens is 1. The molecule has 0 spiro atoms. The second kappa shape index (κ2) is 7.44. The molecule has 2 heterocycles. The molecule has 0 bridgehead atoms. The van der Waals surface area contributed by atoms with E-state index in [1.54, 1.807) is 31.2 Å². The van der Waals surface area contributed by atoms with Crippen molar-refractivity contribution in [1.29, 1.82) is 0 Å². The molecule has 7 nitrogen and oxygen atoms in total. The number of hydrogen-bond acceptors (Lipinski definition) is 4. The van der Waals surface area contributed by atoms with Crippen molar-refractivity contribution in [2.45, 2.75) is 19.4 Å². The van der Waals surface area contributed by atoms with Crippen LogP contribution in [0.5, 0.6) is 0 Å². The molecule has 1 atom stereocenters. The fourth-order valence-electron chi connectivity index (χ4n) is 3.19. The minimum absolute atomic E-state index is 0.287. The minimum Gasteiger partial charge on any atom is -0.361 e. The monoisotopic (exact) mass is 395 g/mol. The second-order valence-corrected chi connectivity index (χ2v) is 7.01. The number of fused-ring (bicyclic) bond motifs is 2. The summed E-state index contributed by atoms with van der Waals surface area (Å²) in [5.74, 6) is -0.287. The van der Waals surface area contributed by atoms with Crippen molar-refractivity contribution in [3.63, 3.8) is 0 Å². The van der Waals surface area contributed by atoms with Crippen LogP contribution in [-0.4, -0.2) is 32.4 Å². The van der Waals surface area contributed by atoms with Gasteiger partial charge in [-0.05, 0) is 49.2 Å². The number of aromatic amines is 1. The number of nitrogens with zero attached hydrogens (tertiary/aromatic N) is 3. The lowest BCUT2D eigenvalue weighted by molar-refractivity contribution is -0.124. The molecule has 0 fully saturated rings. The highest BCUT2D eigenvalue weighted by Gasteiger charge is 2.19. The number of benzene rings is 2. The van der Waals surface area contributed by atoms with Crippen LogP contribution in [0.3, 0.4) is 0 Å². The Hall–Kier alpha value is -3.19. The number of carbonyl (C=O) groups is 1. The van der Waals surface area contributed by atoms with E-state index in [-0.39, 0.29) is 11.5 Å². The van der Waals surface area contributed by atoms with Gasteiger partial charge in [-0.1, -0.05) is 28.9 Å². The summed E-state index contributed by atoms with van der Waals surface area (Å²) in [7, 11) is 0. The molecule has 4 rings (SSSR count). The summed E-state index contributed by atoms with van der Waals surface area (Å²) in [6, 6.07) is 11.8. The van der Waals surface area contributed by atoms with Gasteiger partial charge in [0, 0.05) is 28.7 Å². The third-order valence-electron chi connectivity index (χ3n) is 4.76. The smallest absolute Gasteiger partial charge is 0.278 e. The summed E-state index contributed by atoms with van der Waals surface area (Å²) in [6.07, 6.45) is 2.55. The SMILES string of the molecule is C[C@@H](C(=O)NCCc1c[nH]c2ccc(Cl)cc12)n1nnc2ccccc2c1=O. The lowest BCUT2D eigenvalue weighted by atomic mass is 10.1. The maximum absolute atomic E-state index is 12.6. The highest BCUT2D eigenvalue weighted by atomic mass is 35.5. The zero-order chi connectivity index (χ0) is 19.7. The number of carbonyl (C=O) groups excluding carboxylic acids is 1. The van der Waals surface area contributed by atoms with E-state index in [2.05, 4.69) is 20.6 Å². The molecule has 28 heavy (non-hydrogen) atoms. The number of nitrogens with one attached hydrogen (secondary N) is 2. The van der Waals surface area contributed by atoms with Gasteiger partial charge in [-0.25, -0.2) is 0 Å². The zero-order valence-corrected chi connectivity index (χ0v) is 15.9. The molecule has 142 valence electrons. The lowest BCUT2D eigenvalue weighted by Gasteiger charge is -2.13. The first-order valence-electron chi connectivity index (χ1n) is 8.92. The maximum Gasteiger partial charge on any atom is 0.278 e. The highest BCUT2D eigenvalue weighted by molar-refractivity contribution is 6.31. The number of aromatic nitrogens is 4. The van der Waals surface area contributed by atoms with Crippen LogP contribution in [0.4, 0.5) is 0 Å². The Morgan fingerprint density at radius 3 is 2.93 bits per heavy atom. The van der Waals surface area contributed by atoms with Gasteiger partial charge in [0.25, 0.3) is 5.56 Å². The van der Waals surface area contributed by atoms with Crippen molar-refractivity contribution in [3.8, 4) is 0 Å². The molecule has 2 N–H and O–H groups in total. The third-order valence-corrected chi connectivity index (χ3v) is 5.00. The average molecular weight is 396 g/mol. The highest BCUT2D eigenvalue weighted by Crippen LogP contribution is 2.22. The van der Waals surface area contributed by atoms with Gasteiger partial charge in [-0.3, -0.25) is 9.59 Å². The van der Waals surface area contributed by atoms with Crippen molar-refractivity contribution in [1.82, 2.24) is 25.3 Å². The van der Waals surface area contributed by atoms with Crippen LogP contribution in [-0.2, 0) is 11.2 Å². The van der Waals surface area contributed by atoms with Crippen LogP contribution >= 0.6 is 11.6 Å². The average Bonchev–Trinajstić information content (AvgIpc) is 3.10. The van der Waals surface area contributed by atoms with E-state index in [0.717, 1.165) is 21.1 Å². The van der Waals surface area contributed by atoms with E-state index in [4.69, 9.17) is 11.6 Å². The van der Waals surface area contributed by atoms with Crippen molar-refractivity contribution >= 4 is 39.3 Å². The number of H-pyrrole nitrogens is 1. The third kappa shape index (κ3) is 3.36. The molecule has 0 saturated heterocycles. The van der Waals surface area contributed by atoms with Gasteiger partial charge in [0.15, 0.2) is 0 Å². The van der Waals surface area contributed by atoms with Gasteiger partial charge >= 0.3 is 0 Å². The minimum atomic E-state index is -0.762. The molecule has 0 aliphatic heterocycles. The number of rotatable bonds is 5. The molecule has 8 heteroatoms. The predicted octanol–water partition coefficient (Wildman–Crippen LogP) is 2.85. The molecule has 4 aromatic rings. The van der Waals surface area contributed by atoms with Gasteiger partial charge in [-0.2, -0.15) is 4.68 Å². The summed E-state index contributed by atoms with van der Waals surface area (Å²) in [5, 5.41) is 12.9. The van der Waals surface area contributed by atoms with Crippen LogP contribution in [0.15, 0.2) is 53.5 Å². The maximum atomic E-state index is 12.6. The Balaban J connectivity index is 1.45. The fraction of sp³-hybridized carbons (Fsp3) is 0.200. The standard InChI is InChI=1S/C20H18ClN5O2/c1-12(26-20(28)15-4-2-3-5-18(15)24-25-26)19(27)22-9-8-13-11-23-17-7-6-14(21)10-16(13)17/h2-7,10-12,23H,8-9H2,1H3,(H,22,27)/t12-/m0/s1. The first-order chi connectivity index (χ1) is 13.5. The molecule has 0 aliphatic rings. The number of amides is 1. The Morgan fingerprint density at radius 2 is 2.07 bits per heavy atom. The molecule has 0 unspecified atom stereocenters. The largest absolute Gasteiger partial charge is 0.361 e. The Morgan fingerprint density at radius 1 is 1.25 bits per heavy atom. The zero-order valence-electron chi connectivity index (χ0n) is 15.1. The van der Waals surface area contributed by atoms with E-state index in [1.807, 2.05) is 24.4 Å². The molecular weight excluding hydrogens is 378 g/mol. The molecule has 1 amide bonds. The van der Waals surface area contributed by atoms with Crippen molar-refractivity contribution in [3.05, 3.63) is 69.6 Å². The summed E-state index contributed by atoms with van der Waals surface area (Å²) in [5.41, 5.74) is 2.24. The summed E-state index contributed by atoms with van der Waals surface area (Å²) >= 11 is 6.07. The molecular formula is C20H18ClN5O2. The van der Waals surface area contributed by atoms with Crippen molar-refractivity contribution in [2.24, 2.45) is 0 Å². The summed E-state index contributed by atoms with van der Waals surface area (Å²) in [6.45, 7) is 2.06. The topological polar surface area (TPSA) is 92.7 Å². The van der Waals surface area contributed by atoms with Gasteiger partial charge in [0.05, 0.1) is 5.39 Å². The Bertz CT molecular complexity index is 1230. The van der Waals surface area contributed by atoms with Crippen LogP contribution in [0.25, 0.3) is 21.8 Å². The van der Waals surface area contributed by atoms with Gasteiger partial charge in [0.1, 0.15) is 11.6 Å². The Labute approximate surface area is 165 Å². The molecule has 0 radical (unpaired) electrons. The van der Waals surface area contributed by atoms with Crippen molar-refractivity contribution in [2.75, 3.05) is 6.54 Å². The first kappa shape index (κ1) is 18.2. The van der Waals surface area contributed by atoms with Crippen LogP contribution in [0.1, 0.15) is 18.5 Å². The van der Waals surface area contributed by atoms with E-state index < -0.39 is 6.04 Å². The molecule has 0 saturated carbocycles. The molecule has 2 aromatic carbocycles. The summed E-state index contributed by atoms with van der Waals surface area (Å²) in [4.78, 5) is 28.3. The van der Waals surface area contributed by atoms with Crippen LogP contribution < -0.4 is 10.9 Å². The molecule has 2 aromatic heterocycles. The van der Waals surface area contributed by atoms with E-state index in [1.165, 1.54) is 0 Å². The normalized spacial score (nSPS) is 12.4. The van der Waals surface area contributed by atoms with Crippen LogP contribution in [0, 0.1) is 0 Å². The van der Waals surface area contributed by atoms with E-state index >= 15 is 0 Å². The quantitative estimate of drug-likeness (QED) is 0.543. The van der Waals surface area contributed by atoms with E-state index in [9.17, 15) is 9.59 Å². The lowest BCUT2D eigenvalue weighted by Crippen LogP contribution is -2.38.